The van der Waals surface area contributed by atoms with Gasteiger partial charge in [0.15, 0.2) is 0 Å². The molecule has 2 N–H and O–H groups in total. The maximum absolute atomic E-state index is 12.9. The molecule has 0 bridgehead atoms. The van der Waals surface area contributed by atoms with Gasteiger partial charge in [0.25, 0.3) is 17.7 Å². The molecular weight excluding hydrogens is 450 g/mol. The molecule has 0 unspecified atom stereocenters. The summed E-state index contributed by atoms with van der Waals surface area (Å²) in [4.78, 5) is 39.0. The normalized spacial score (nSPS) is 13.4. The summed E-state index contributed by atoms with van der Waals surface area (Å²) in [6, 6.07) is 23.8. The van der Waals surface area contributed by atoms with Gasteiger partial charge in [0.1, 0.15) is 10.7 Å². The Morgan fingerprint density at radius 3 is 2.18 bits per heavy atom. The molecule has 0 aromatic heterocycles. The second-order valence-electron chi connectivity index (χ2n) is 7.85. The summed E-state index contributed by atoms with van der Waals surface area (Å²) in [6.07, 6.45) is 1.60. The molecule has 0 saturated carbocycles. The minimum Gasteiger partial charge on any atom is -0.352 e. The first kappa shape index (κ1) is 23.3. The number of aryl methyl sites for hydroxylation is 1. The van der Waals surface area contributed by atoms with E-state index in [4.69, 9.17) is 11.6 Å². The number of hydrogen-bond acceptors (Lipinski definition) is 4. The number of hydrogen-bond donors (Lipinski definition) is 2. The van der Waals surface area contributed by atoms with Gasteiger partial charge in [-0.1, -0.05) is 61.0 Å². The number of carbonyl (C=O) groups excluding carboxylic acids is 3. The van der Waals surface area contributed by atoms with Crippen LogP contribution in [0.2, 0.25) is 0 Å². The lowest BCUT2D eigenvalue weighted by atomic mass is 10.1. The Kier molecular flexibility index (Phi) is 7.09. The number of rotatable bonds is 8. The second-order valence-corrected chi connectivity index (χ2v) is 8.23. The molecule has 0 radical (unpaired) electrons. The molecule has 1 heterocycles. The van der Waals surface area contributed by atoms with Crippen LogP contribution in [0.1, 0.15) is 28.4 Å². The van der Waals surface area contributed by atoms with E-state index < -0.39 is 11.8 Å². The van der Waals surface area contributed by atoms with Gasteiger partial charge in [-0.25, -0.2) is 4.90 Å². The van der Waals surface area contributed by atoms with E-state index in [1.165, 1.54) is 0 Å². The second kappa shape index (κ2) is 10.4. The van der Waals surface area contributed by atoms with E-state index in [0.717, 1.165) is 28.9 Å². The molecule has 7 heteroatoms. The van der Waals surface area contributed by atoms with E-state index in [-0.39, 0.29) is 16.6 Å². The Hall–Kier alpha value is -3.90. The number of halogens is 1. The zero-order chi connectivity index (χ0) is 24.1. The zero-order valence-corrected chi connectivity index (χ0v) is 19.4. The highest BCUT2D eigenvalue weighted by molar-refractivity contribution is 6.53. The van der Waals surface area contributed by atoms with E-state index in [1.54, 1.807) is 36.4 Å². The molecule has 0 saturated heterocycles. The van der Waals surface area contributed by atoms with Crippen LogP contribution in [0.4, 0.5) is 11.4 Å². The smallest absolute Gasteiger partial charge is 0.283 e. The highest BCUT2D eigenvalue weighted by Crippen LogP contribution is 2.30. The maximum atomic E-state index is 12.9. The molecule has 0 atom stereocenters. The molecule has 3 aromatic carbocycles. The minimum absolute atomic E-state index is 0.00583. The highest BCUT2D eigenvalue weighted by atomic mass is 35.5. The Labute approximate surface area is 203 Å². The van der Waals surface area contributed by atoms with Crippen molar-refractivity contribution in [1.29, 1.82) is 0 Å². The molecule has 3 amide bonds. The number of benzene rings is 3. The quantitative estimate of drug-likeness (QED) is 0.466. The van der Waals surface area contributed by atoms with Crippen molar-refractivity contribution < 1.29 is 14.4 Å². The van der Waals surface area contributed by atoms with Crippen LogP contribution in [0, 0.1) is 0 Å². The summed E-state index contributed by atoms with van der Waals surface area (Å²) in [6.45, 7) is 2.55. The third-order valence-corrected chi connectivity index (χ3v) is 5.94. The average molecular weight is 474 g/mol. The maximum Gasteiger partial charge on any atom is 0.283 e. The summed E-state index contributed by atoms with van der Waals surface area (Å²) in [7, 11) is 0. The standard InChI is InChI=1S/C27H24ClN3O3/c1-2-18-8-14-22(15-9-18)31-26(33)23(28)24(27(31)34)30-21-12-10-20(11-13-21)25(32)29-17-16-19-6-4-3-5-7-19/h3-15,30H,2,16-17H2,1H3,(H,29,32). The lowest BCUT2D eigenvalue weighted by Gasteiger charge is -2.15. The number of nitrogens with zero attached hydrogens (tertiary/aromatic N) is 1. The number of amides is 3. The molecular formula is C27H24ClN3O3. The minimum atomic E-state index is -0.576. The van der Waals surface area contributed by atoms with Crippen molar-refractivity contribution in [2.75, 3.05) is 16.8 Å². The predicted octanol–water partition coefficient (Wildman–Crippen LogP) is 4.66. The number of anilines is 2. The van der Waals surface area contributed by atoms with Crippen molar-refractivity contribution in [2.24, 2.45) is 0 Å². The van der Waals surface area contributed by atoms with Crippen LogP contribution in [-0.4, -0.2) is 24.3 Å². The Morgan fingerprint density at radius 1 is 0.853 bits per heavy atom. The van der Waals surface area contributed by atoms with Crippen LogP contribution in [0.25, 0.3) is 0 Å². The van der Waals surface area contributed by atoms with Crippen LogP contribution in [-0.2, 0) is 22.4 Å². The fourth-order valence-electron chi connectivity index (χ4n) is 3.64. The molecule has 6 nitrogen and oxygen atoms in total. The highest BCUT2D eigenvalue weighted by Gasteiger charge is 2.38. The Bertz CT molecular complexity index is 1240. The third kappa shape index (κ3) is 5.02. The Morgan fingerprint density at radius 2 is 1.53 bits per heavy atom. The molecule has 0 aliphatic carbocycles. The van der Waals surface area contributed by atoms with Gasteiger partial charge in [0.05, 0.1) is 5.69 Å². The lowest BCUT2D eigenvalue weighted by molar-refractivity contribution is -0.120. The van der Waals surface area contributed by atoms with Crippen LogP contribution >= 0.6 is 11.6 Å². The molecule has 172 valence electrons. The largest absolute Gasteiger partial charge is 0.352 e. The van der Waals surface area contributed by atoms with E-state index in [1.807, 2.05) is 49.4 Å². The van der Waals surface area contributed by atoms with Crippen molar-refractivity contribution in [3.63, 3.8) is 0 Å². The Balaban J connectivity index is 1.38. The zero-order valence-electron chi connectivity index (χ0n) is 18.7. The van der Waals surface area contributed by atoms with Crippen LogP contribution in [0.5, 0.6) is 0 Å². The summed E-state index contributed by atoms with van der Waals surface area (Å²) in [5.41, 5.74) is 3.75. The van der Waals surface area contributed by atoms with E-state index >= 15 is 0 Å². The molecule has 1 aliphatic heterocycles. The number of carbonyl (C=O) groups is 3. The SMILES string of the molecule is CCc1ccc(N2C(=O)C(Cl)=C(Nc3ccc(C(=O)NCCc4ccccc4)cc3)C2=O)cc1. The van der Waals surface area contributed by atoms with Crippen molar-refractivity contribution in [3.05, 3.63) is 106 Å². The van der Waals surface area contributed by atoms with Crippen LogP contribution in [0.3, 0.4) is 0 Å². The topological polar surface area (TPSA) is 78.5 Å². The fraction of sp³-hybridized carbons (Fsp3) is 0.148. The van der Waals surface area contributed by atoms with E-state index in [9.17, 15) is 14.4 Å². The van der Waals surface area contributed by atoms with Gasteiger partial charge in [-0.15, -0.1) is 0 Å². The number of imide groups is 1. The summed E-state index contributed by atoms with van der Waals surface area (Å²) in [5, 5.41) is 5.65. The fourth-order valence-corrected chi connectivity index (χ4v) is 3.86. The van der Waals surface area contributed by atoms with Gasteiger partial charge in [-0.05, 0) is 60.4 Å². The third-order valence-electron chi connectivity index (χ3n) is 5.59. The van der Waals surface area contributed by atoms with Gasteiger partial charge in [0, 0.05) is 17.8 Å². The first-order valence-corrected chi connectivity index (χ1v) is 11.4. The monoisotopic (exact) mass is 473 g/mol. The van der Waals surface area contributed by atoms with Crippen molar-refractivity contribution in [3.8, 4) is 0 Å². The molecule has 1 aliphatic rings. The van der Waals surface area contributed by atoms with E-state index in [2.05, 4.69) is 10.6 Å². The first-order chi connectivity index (χ1) is 16.5. The van der Waals surface area contributed by atoms with Crippen LogP contribution in [0.15, 0.2) is 89.6 Å². The lowest BCUT2D eigenvalue weighted by Crippen LogP contribution is -2.32. The summed E-state index contributed by atoms with van der Waals surface area (Å²) in [5.74, 6) is -1.29. The summed E-state index contributed by atoms with van der Waals surface area (Å²) < 4.78 is 0. The predicted molar refractivity (Wildman–Crippen MR) is 134 cm³/mol. The molecule has 4 rings (SSSR count). The molecule has 3 aromatic rings. The van der Waals surface area contributed by atoms with Crippen molar-refractivity contribution >= 4 is 40.7 Å². The van der Waals surface area contributed by atoms with Crippen molar-refractivity contribution in [1.82, 2.24) is 5.32 Å². The first-order valence-electron chi connectivity index (χ1n) is 11.0. The molecule has 34 heavy (non-hydrogen) atoms. The van der Waals surface area contributed by atoms with Crippen LogP contribution < -0.4 is 15.5 Å². The number of nitrogens with one attached hydrogen (secondary N) is 2. The van der Waals surface area contributed by atoms with Gasteiger partial charge < -0.3 is 10.6 Å². The summed E-state index contributed by atoms with van der Waals surface area (Å²) >= 11 is 6.21. The van der Waals surface area contributed by atoms with Gasteiger partial charge >= 0.3 is 0 Å². The molecule has 0 fully saturated rings. The van der Waals surface area contributed by atoms with Gasteiger partial charge in [-0.3, -0.25) is 14.4 Å². The van der Waals surface area contributed by atoms with Gasteiger partial charge in [0.2, 0.25) is 0 Å². The van der Waals surface area contributed by atoms with Crippen molar-refractivity contribution in [2.45, 2.75) is 19.8 Å². The molecule has 0 spiro atoms. The van der Waals surface area contributed by atoms with E-state index in [0.29, 0.717) is 23.5 Å². The average Bonchev–Trinajstić information content (AvgIpc) is 3.08. The van der Waals surface area contributed by atoms with Gasteiger partial charge in [-0.2, -0.15) is 0 Å².